The molecular formula is C13H13F2NO5. The van der Waals surface area contributed by atoms with Crippen molar-refractivity contribution in [1.29, 1.82) is 0 Å². The fraction of sp³-hybridized carbons (Fsp3) is 0.462. The maximum atomic E-state index is 12.5. The molecule has 0 saturated heterocycles. The second kappa shape index (κ2) is 6.02. The Hall–Kier alpha value is -2.25. The van der Waals surface area contributed by atoms with Crippen LogP contribution in [0.15, 0.2) is 18.2 Å². The number of ether oxygens (including phenoxy) is 2. The van der Waals surface area contributed by atoms with E-state index in [-0.39, 0.29) is 23.7 Å². The van der Waals surface area contributed by atoms with Crippen molar-refractivity contribution in [3.05, 3.63) is 33.9 Å². The topological polar surface area (TPSA) is 78.7 Å². The summed E-state index contributed by atoms with van der Waals surface area (Å²) >= 11 is 0. The smallest absolute Gasteiger partial charge is 0.311 e. The number of nitrogens with zero attached hydrogens (tertiary/aromatic N) is 1. The minimum Gasteiger partial charge on any atom is -0.483 e. The highest BCUT2D eigenvalue weighted by Gasteiger charge is 2.38. The molecule has 1 fully saturated rings. The maximum Gasteiger partial charge on any atom is 0.311 e. The number of esters is 1. The van der Waals surface area contributed by atoms with Gasteiger partial charge >= 0.3 is 11.7 Å². The van der Waals surface area contributed by atoms with E-state index in [0.717, 1.165) is 18.2 Å². The molecule has 1 aromatic rings. The van der Waals surface area contributed by atoms with Crippen LogP contribution in [0.5, 0.6) is 5.75 Å². The third-order valence-corrected chi connectivity index (χ3v) is 3.35. The number of halogens is 2. The van der Waals surface area contributed by atoms with Crippen molar-refractivity contribution in [3.8, 4) is 5.75 Å². The predicted octanol–water partition coefficient (Wildman–Crippen LogP) is 2.86. The number of alkyl halides is 2. The van der Waals surface area contributed by atoms with E-state index in [1.54, 1.807) is 0 Å². The van der Waals surface area contributed by atoms with Gasteiger partial charge in [0.25, 0.3) is 6.43 Å². The molecule has 0 radical (unpaired) electrons. The number of nitro benzene ring substituents is 1. The molecule has 0 heterocycles. The van der Waals surface area contributed by atoms with Gasteiger partial charge in [0.2, 0.25) is 0 Å². The second-order valence-electron chi connectivity index (χ2n) is 4.72. The highest BCUT2D eigenvalue weighted by atomic mass is 19.3. The van der Waals surface area contributed by atoms with Crippen molar-refractivity contribution < 1.29 is 28.0 Å². The van der Waals surface area contributed by atoms with Crippen LogP contribution < -0.4 is 4.74 Å². The van der Waals surface area contributed by atoms with Crippen molar-refractivity contribution in [2.24, 2.45) is 5.92 Å². The van der Waals surface area contributed by atoms with Crippen LogP contribution >= 0.6 is 0 Å². The van der Waals surface area contributed by atoms with Gasteiger partial charge in [0.05, 0.1) is 18.0 Å². The quantitative estimate of drug-likeness (QED) is 0.474. The Kier molecular flexibility index (Phi) is 4.35. The second-order valence-corrected chi connectivity index (χ2v) is 4.72. The van der Waals surface area contributed by atoms with Crippen molar-refractivity contribution in [3.63, 3.8) is 0 Å². The molecule has 0 amide bonds. The number of carbonyl (C=O) groups excluding carboxylic acids is 1. The van der Waals surface area contributed by atoms with Gasteiger partial charge in [-0.15, -0.1) is 0 Å². The van der Waals surface area contributed by atoms with E-state index in [1.807, 2.05) is 0 Å². The van der Waals surface area contributed by atoms with Gasteiger partial charge in [-0.05, 0) is 25.0 Å². The van der Waals surface area contributed by atoms with E-state index in [1.165, 1.54) is 7.11 Å². The van der Waals surface area contributed by atoms with Gasteiger partial charge in [-0.3, -0.25) is 14.9 Å². The molecule has 0 N–H and O–H groups in total. The van der Waals surface area contributed by atoms with Crippen LogP contribution in [0.1, 0.15) is 24.8 Å². The molecule has 0 aromatic heterocycles. The first kappa shape index (κ1) is 15.1. The summed E-state index contributed by atoms with van der Waals surface area (Å²) in [4.78, 5) is 21.4. The van der Waals surface area contributed by atoms with Gasteiger partial charge in [0.1, 0.15) is 6.10 Å². The third-order valence-electron chi connectivity index (χ3n) is 3.35. The lowest BCUT2D eigenvalue weighted by Crippen LogP contribution is -2.38. The molecule has 2 rings (SSSR count). The highest BCUT2D eigenvalue weighted by Crippen LogP contribution is 2.37. The van der Waals surface area contributed by atoms with Crippen molar-refractivity contribution >= 4 is 11.7 Å². The standard InChI is InChI=1S/C13H13F2NO5/c1-20-13(17)8-4-9(5-8)21-11-3-2-7(12(14)15)6-10(11)16(18)19/h2-3,6,8-9,12H,4-5H2,1H3. The molecule has 21 heavy (non-hydrogen) atoms. The third kappa shape index (κ3) is 3.26. The van der Waals surface area contributed by atoms with Crippen molar-refractivity contribution in [1.82, 2.24) is 0 Å². The Morgan fingerprint density at radius 1 is 1.43 bits per heavy atom. The molecular weight excluding hydrogens is 288 g/mol. The number of nitro groups is 1. The van der Waals surface area contributed by atoms with Crippen LogP contribution in [-0.2, 0) is 9.53 Å². The molecule has 0 bridgehead atoms. The Morgan fingerprint density at radius 3 is 2.62 bits per heavy atom. The molecule has 6 nitrogen and oxygen atoms in total. The fourth-order valence-electron chi connectivity index (χ4n) is 2.11. The molecule has 0 aliphatic heterocycles. The average Bonchev–Trinajstić information content (AvgIpc) is 2.41. The summed E-state index contributed by atoms with van der Waals surface area (Å²) in [7, 11) is 1.28. The number of benzene rings is 1. The first-order chi connectivity index (χ1) is 9.92. The zero-order chi connectivity index (χ0) is 15.6. The number of rotatable bonds is 5. The van der Waals surface area contributed by atoms with Crippen LogP contribution in [-0.4, -0.2) is 24.1 Å². The summed E-state index contributed by atoms with van der Waals surface area (Å²) in [5.41, 5.74) is -0.940. The Labute approximate surface area is 118 Å². The van der Waals surface area contributed by atoms with Crippen molar-refractivity contribution in [2.45, 2.75) is 25.4 Å². The van der Waals surface area contributed by atoms with E-state index in [4.69, 9.17) is 4.74 Å². The SMILES string of the molecule is COC(=O)C1CC(Oc2ccc(C(F)F)cc2[N+](=O)[O-])C1. The molecule has 1 aromatic carbocycles. The summed E-state index contributed by atoms with van der Waals surface area (Å²) in [6.07, 6.45) is -2.36. The summed E-state index contributed by atoms with van der Waals surface area (Å²) < 4.78 is 35.1. The number of carbonyl (C=O) groups is 1. The van der Waals surface area contributed by atoms with Gasteiger partial charge in [-0.2, -0.15) is 0 Å². The number of hydrogen-bond donors (Lipinski definition) is 0. The van der Waals surface area contributed by atoms with Gasteiger partial charge in [0, 0.05) is 11.6 Å². The van der Waals surface area contributed by atoms with Crippen LogP contribution in [0.2, 0.25) is 0 Å². The predicted molar refractivity (Wildman–Crippen MR) is 67.2 cm³/mol. The normalized spacial score (nSPS) is 20.8. The summed E-state index contributed by atoms with van der Waals surface area (Å²) in [6, 6.07) is 3.05. The summed E-state index contributed by atoms with van der Waals surface area (Å²) in [5.74, 6) is -0.700. The van der Waals surface area contributed by atoms with E-state index in [0.29, 0.717) is 12.8 Å². The van der Waals surface area contributed by atoms with Gasteiger partial charge in [-0.25, -0.2) is 8.78 Å². The Morgan fingerprint density at radius 2 is 2.10 bits per heavy atom. The van der Waals surface area contributed by atoms with Crippen LogP contribution in [0.4, 0.5) is 14.5 Å². The summed E-state index contributed by atoms with van der Waals surface area (Å²) in [5, 5.41) is 10.9. The minimum absolute atomic E-state index is 0.0716. The zero-order valence-corrected chi connectivity index (χ0v) is 11.1. The Balaban J connectivity index is 2.07. The molecule has 1 aliphatic rings. The van der Waals surface area contributed by atoms with Crippen LogP contribution in [0.3, 0.4) is 0 Å². The maximum absolute atomic E-state index is 12.5. The van der Waals surface area contributed by atoms with E-state index in [9.17, 15) is 23.7 Å². The first-order valence-electron chi connectivity index (χ1n) is 6.23. The van der Waals surface area contributed by atoms with Crippen molar-refractivity contribution in [2.75, 3.05) is 7.11 Å². The van der Waals surface area contributed by atoms with Gasteiger partial charge in [0.15, 0.2) is 5.75 Å². The molecule has 0 unspecified atom stereocenters. The van der Waals surface area contributed by atoms with E-state index >= 15 is 0 Å². The van der Waals surface area contributed by atoms with Gasteiger partial charge < -0.3 is 9.47 Å². The van der Waals surface area contributed by atoms with E-state index < -0.39 is 22.6 Å². The Bertz CT molecular complexity index is 557. The monoisotopic (exact) mass is 301 g/mol. The lowest BCUT2D eigenvalue weighted by Gasteiger charge is -2.33. The first-order valence-corrected chi connectivity index (χ1v) is 6.23. The molecule has 8 heteroatoms. The van der Waals surface area contributed by atoms with Crippen LogP contribution in [0, 0.1) is 16.0 Å². The fourth-order valence-corrected chi connectivity index (χ4v) is 2.11. The highest BCUT2D eigenvalue weighted by molar-refractivity contribution is 5.73. The summed E-state index contributed by atoms with van der Waals surface area (Å²) in [6.45, 7) is 0. The number of methoxy groups -OCH3 is 1. The minimum atomic E-state index is -2.79. The average molecular weight is 301 g/mol. The van der Waals surface area contributed by atoms with Crippen LogP contribution in [0.25, 0.3) is 0 Å². The molecule has 1 saturated carbocycles. The van der Waals surface area contributed by atoms with Gasteiger partial charge in [-0.1, -0.05) is 0 Å². The van der Waals surface area contributed by atoms with E-state index in [2.05, 4.69) is 4.74 Å². The number of hydrogen-bond acceptors (Lipinski definition) is 5. The lowest BCUT2D eigenvalue weighted by molar-refractivity contribution is -0.386. The molecule has 0 spiro atoms. The zero-order valence-electron chi connectivity index (χ0n) is 11.1. The molecule has 114 valence electrons. The molecule has 1 aliphatic carbocycles. The molecule has 0 atom stereocenters. The lowest BCUT2D eigenvalue weighted by atomic mass is 9.82. The largest absolute Gasteiger partial charge is 0.483 e.